The molecule has 0 aliphatic heterocycles. The van der Waals surface area contributed by atoms with Gasteiger partial charge in [-0.3, -0.25) is 0 Å². The molecule has 0 unspecified atom stereocenters. The van der Waals surface area contributed by atoms with E-state index < -0.39 is 0 Å². The van der Waals surface area contributed by atoms with Crippen molar-refractivity contribution in [2.45, 2.75) is 11.1 Å². The molecule has 0 aliphatic carbocycles. The molecule has 2 heterocycles. The molecule has 0 spiro atoms. The Balaban J connectivity index is 2.19. The Morgan fingerprint density at radius 2 is 2.53 bits per heavy atom. The monoisotopic (exact) mass is 238 g/mol. The van der Waals surface area contributed by atoms with Gasteiger partial charge in [0, 0.05) is 5.75 Å². The maximum Gasteiger partial charge on any atom is 0.156 e. The molecular weight excluding hydrogens is 228 g/mol. The van der Waals surface area contributed by atoms with Gasteiger partial charge in [0.2, 0.25) is 0 Å². The molecule has 15 heavy (non-hydrogen) atoms. The second kappa shape index (κ2) is 4.63. The van der Waals surface area contributed by atoms with Crippen molar-refractivity contribution in [1.29, 1.82) is 0 Å². The minimum atomic E-state index is 0.771. The molecule has 3 nitrogen and oxygen atoms in total. The Bertz CT molecular complexity index is 448. The molecule has 0 amide bonds. The quantitative estimate of drug-likeness (QED) is 0.604. The fourth-order valence-corrected chi connectivity index (χ4v) is 2.60. The van der Waals surface area contributed by atoms with E-state index in [-0.39, 0.29) is 0 Å². The zero-order valence-corrected chi connectivity index (χ0v) is 9.90. The van der Waals surface area contributed by atoms with Crippen LogP contribution in [0.2, 0.25) is 0 Å². The zero-order valence-electron chi connectivity index (χ0n) is 8.27. The van der Waals surface area contributed by atoms with Crippen LogP contribution in [0.15, 0.2) is 39.2 Å². The second-order valence-electron chi connectivity index (χ2n) is 3.13. The maximum atomic E-state index is 5.29. The van der Waals surface area contributed by atoms with Crippen molar-refractivity contribution in [2.24, 2.45) is 0 Å². The molecule has 0 saturated carbocycles. The Hall–Kier alpha value is -1.07. The summed E-state index contributed by atoms with van der Waals surface area (Å²) in [5.74, 6) is 1.66. The molecule has 0 bridgehead atoms. The largest absolute Gasteiger partial charge is 0.463 e. The first-order chi connectivity index (χ1) is 7.27. The molecule has 0 radical (unpaired) electrons. The fraction of sp³-hybridized carbons (Fsp3) is 0.200. The summed E-state index contributed by atoms with van der Waals surface area (Å²) in [5, 5.41) is 4.06. The molecule has 0 N–H and O–H groups in total. The smallest absolute Gasteiger partial charge is 0.156 e. The van der Waals surface area contributed by atoms with Crippen molar-refractivity contribution in [1.82, 2.24) is 9.59 Å². The normalized spacial score (nSPS) is 10.5. The summed E-state index contributed by atoms with van der Waals surface area (Å²) in [4.78, 5) is 0. The lowest BCUT2D eigenvalue weighted by Crippen LogP contribution is -1.80. The number of hydrogen-bond acceptors (Lipinski definition) is 5. The summed E-state index contributed by atoms with van der Waals surface area (Å²) in [6.07, 6.45) is 1.64. The van der Waals surface area contributed by atoms with E-state index in [0.29, 0.717) is 0 Å². The van der Waals surface area contributed by atoms with E-state index >= 15 is 0 Å². The van der Waals surface area contributed by atoms with Crippen molar-refractivity contribution in [2.75, 3.05) is 5.75 Å². The molecule has 0 saturated heterocycles. The van der Waals surface area contributed by atoms with Crippen molar-refractivity contribution >= 4 is 23.3 Å². The molecule has 0 aromatic carbocycles. The van der Waals surface area contributed by atoms with E-state index in [9.17, 15) is 0 Å². The number of nitrogens with zero attached hydrogens (tertiary/aromatic N) is 2. The van der Waals surface area contributed by atoms with Crippen LogP contribution in [0.1, 0.15) is 6.92 Å². The first-order valence-corrected chi connectivity index (χ1v) is 6.16. The summed E-state index contributed by atoms with van der Waals surface area (Å²) in [6, 6.07) is 3.74. The molecule has 2 aromatic rings. The fourth-order valence-electron chi connectivity index (χ4n) is 1.03. The van der Waals surface area contributed by atoms with Gasteiger partial charge in [0.25, 0.3) is 0 Å². The SMILES string of the molecule is C=C(C)CSc1snnc1-c1ccco1. The standard InChI is InChI=1S/C10H10N2OS2/c1-7(2)6-14-10-9(11-12-15-10)8-4-3-5-13-8/h3-5H,1,6H2,2H3. The lowest BCUT2D eigenvalue weighted by molar-refractivity contribution is 0.578. The van der Waals surface area contributed by atoms with Gasteiger partial charge in [-0.15, -0.1) is 16.9 Å². The van der Waals surface area contributed by atoms with Crippen LogP contribution in [0.5, 0.6) is 0 Å². The van der Waals surface area contributed by atoms with Crippen molar-refractivity contribution in [3.05, 3.63) is 30.5 Å². The van der Waals surface area contributed by atoms with Gasteiger partial charge in [-0.2, -0.15) is 0 Å². The molecule has 0 atom stereocenters. The van der Waals surface area contributed by atoms with E-state index in [4.69, 9.17) is 4.42 Å². The van der Waals surface area contributed by atoms with Crippen LogP contribution in [-0.4, -0.2) is 15.3 Å². The van der Waals surface area contributed by atoms with Gasteiger partial charge in [0.1, 0.15) is 4.21 Å². The molecular formula is C10H10N2OS2. The van der Waals surface area contributed by atoms with Crippen LogP contribution >= 0.6 is 23.3 Å². The van der Waals surface area contributed by atoms with Gasteiger partial charge in [-0.25, -0.2) is 0 Å². The lowest BCUT2D eigenvalue weighted by atomic mass is 10.4. The molecule has 2 aromatic heterocycles. The molecule has 2 rings (SSSR count). The van der Waals surface area contributed by atoms with Crippen molar-refractivity contribution in [3.8, 4) is 11.5 Å². The maximum absolute atomic E-state index is 5.29. The van der Waals surface area contributed by atoms with Crippen LogP contribution in [0.3, 0.4) is 0 Å². The number of rotatable bonds is 4. The highest BCUT2D eigenvalue weighted by molar-refractivity contribution is 8.01. The number of aromatic nitrogens is 2. The van der Waals surface area contributed by atoms with Gasteiger partial charge in [-0.1, -0.05) is 16.6 Å². The number of hydrogen-bond donors (Lipinski definition) is 0. The van der Waals surface area contributed by atoms with E-state index in [1.54, 1.807) is 18.0 Å². The van der Waals surface area contributed by atoms with Gasteiger partial charge in [0.15, 0.2) is 11.5 Å². The third kappa shape index (κ3) is 2.49. The lowest BCUT2D eigenvalue weighted by Gasteiger charge is -1.97. The number of thioether (sulfide) groups is 1. The second-order valence-corrected chi connectivity index (χ2v) is 5.13. The minimum Gasteiger partial charge on any atom is -0.463 e. The number of furan rings is 1. The Morgan fingerprint density at radius 1 is 1.67 bits per heavy atom. The Kier molecular flexibility index (Phi) is 3.23. The topological polar surface area (TPSA) is 38.9 Å². The third-order valence-corrected chi connectivity index (χ3v) is 3.85. The van der Waals surface area contributed by atoms with Crippen molar-refractivity contribution in [3.63, 3.8) is 0 Å². The first kappa shape index (κ1) is 10.4. The summed E-state index contributed by atoms with van der Waals surface area (Å²) in [5.41, 5.74) is 1.97. The van der Waals surface area contributed by atoms with Crippen LogP contribution in [0.4, 0.5) is 0 Å². The molecule has 0 aliphatic rings. The summed E-state index contributed by atoms with van der Waals surface area (Å²) >= 11 is 3.08. The van der Waals surface area contributed by atoms with E-state index in [0.717, 1.165) is 27.0 Å². The molecule has 5 heteroatoms. The highest BCUT2D eigenvalue weighted by Gasteiger charge is 2.12. The van der Waals surface area contributed by atoms with Gasteiger partial charge in [-0.05, 0) is 30.6 Å². The summed E-state index contributed by atoms with van der Waals surface area (Å²) in [6.45, 7) is 5.87. The van der Waals surface area contributed by atoms with Crippen LogP contribution in [-0.2, 0) is 0 Å². The zero-order chi connectivity index (χ0) is 10.7. The highest BCUT2D eigenvalue weighted by atomic mass is 32.2. The van der Waals surface area contributed by atoms with Crippen molar-refractivity contribution < 1.29 is 4.42 Å². The average Bonchev–Trinajstić information content (AvgIpc) is 2.85. The Morgan fingerprint density at radius 3 is 3.20 bits per heavy atom. The van der Waals surface area contributed by atoms with Gasteiger partial charge >= 0.3 is 0 Å². The summed E-state index contributed by atoms with van der Waals surface area (Å²) in [7, 11) is 0. The predicted molar refractivity (Wildman–Crippen MR) is 63.1 cm³/mol. The third-order valence-electron chi connectivity index (χ3n) is 1.66. The van der Waals surface area contributed by atoms with Crippen LogP contribution in [0.25, 0.3) is 11.5 Å². The first-order valence-electron chi connectivity index (χ1n) is 4.41. The van der Waals surface area contributed by atoms with Crippen LogP contribution < -0.4 is 0 Å². The molecule has 0 fully saturated rings. The predicted octanol–water partition coefficient (Wildman–Crippen LogP) is 3.47. The van der Waals surface area contributed by atoms with Crippen LogP contribution in [0, 0.1) is 0 Å². The highest BCUT2D eigenvalue weighted by Crippen LogP contribution is 2.33. The van der Waals surface area contributed by atoms with E-state index in [1.807, 2.05) is 19.1 Å². The van der Waals surface area contributed by atoms with E-state index in [2.05, 4.69) is 16.2 Å². The van der Waals surface area contributed by atoms with E-state index in [1.165, 1.54) is 11.5 Å². The Labute approximate surface area is 96.4 Å². The van der Waals surface area contributed by atoms with Gasteiger partial charge < -0.3 is 4.42 Å². The average molecular weight is 238 g/mol. The minimum absolute atomic E-state index is 0.771. The summed E-state index contributed by atoms with van der Waals surface area (Å²) < 4.78 is 10.3. The van der Waals surface area contributed by atoms with Gasteiger partial charge in [0.05, 0.1) is 6.26 Å². The molecule has 78 valence electrons.